The van der Waals surface area contributed by atoms with Crippen LogP contribution in [0.2, 0.25) is 0 Å². The zero-order valence-corrected chi connectivity index (χ0v) is 26.1. The van der Waals surface area contributed by atoms with Gasteiger partial charge in [-0.25, -0.2) is 31.3 Å². The number of halogens is 3. The number of nitrogens with one attached hydrogen (secondary N) is 2. The fraction of sp³-hybridized carbons (Fsp3) is 0.0909. The molecule has 12 nitrogen and oxygen atoms in total. The maximum Gasteiger partial charge on any atom is 0.272 e. The largest absolute Gasteiger partial charge is 0.485 e. The van der Waals surface area contributed by atoms with Crippen LogP contribution in [0.25, 0.3) is 16.6 Å². The maximum atomic E-state index is 14.0. The molecule has 3 aromatic carbocycles. The third kappa shape index (κ3) is 6.73. The number of ether oxygens (including phenoxy) is 2. The Morgan fingerprint density at radius 1 is 1.08 bits per heavy atom. The average Bonchev–Trinajstić information content (AvgIpc) is 3.67. The third-order valence-corrected chi connectivity index (χ3v) is 8.60. The van der Waals surface area contributed by atoms with Gasteiger partial charge in [0, 0.05) is 17.0 Å². The summed E-state index contributed by atoms with van der Waals surface area (Å²) in [4.78, 5) is 20.5. The topological polar surface area (TPSA) is 178 Å². The zero-order chi connectivity index (χ0) is 34.9. The van der Waals surface area contributed by atoms with Gasteiger partial charge in [-0.2, -0.15) is 10.4 Å². The first-order chi connectivity index (χ1) is 23.4. The SMILES string of the molecule is Cc1cc(Oc2ccccc2F)ncc1-n1ncc(C(=O)c2cc3cc(OCC(F)F)c(NS(=O)(=O)c4cccc(C#N)c4)cc3[nH]2)c1N. The molecule has 248 valence electrons. The maximum absolute atomic E-state index is 14.0. The van der Waals surface area contributed by atoms with E-state index in [4.69, 9.17) is 20.5 Å². The molecule has 49 heavy (non-hydrogen) atoms. The molecule has 0 bridgehead atoms. The minimum atomic E-state index is -4.29. The summed E-state index contributed by atoms with van der Waals surface area (Å²) in [5.41, 5.74) is 7.61. The Kier molecular flexibility index (Phi) is 8.68. The molecule has 0 spiro atoms. The number of sulfonamides is 1. The quantitative estimate of drug-likeness (QED) is 0.135. The highest BCUT2D eigenvalue weighted by Gasteiger charge is 2.23. The van der Waals surface area contributed by atoms with E-state index in [2.05, 4.69) is 19.8 Å². The van der Waals surface area contributed by atoms with Gasteiger partial charge in [-0.1, -0.05) is 18.2 Å². The summed E-state index contributed by atoms with van der Waals surface area (Å²) in [6.45, 7) is 0.700. The van der Waals surface area contributed by atoms with Gasteiger partial charge in [0.05, 0.1) is 51.6 Å². The van der Waals surface area contributed by atoms with Gasteiger partial charge >= 0.3 is 0 Å². The summed E-state index contributed by atoms with van der Waals surface area (Å²) < 4.78 is 80.9. The standard InChI is InChI=1S/C33H24F3N7O5S/c1-18-9-31(48-28-8-3-2-7-23(28)34)39-16-27(18)43-33(38)22(15-40-43)32(44)26-11-20-12-29(47-17-30(35)36)25(13-24(20)41-26)42-49(45,46)21-6-4-5-19(10-21)14-37/h2-13,15-16,30,41-42H,17,38H2,1H3. The van der Waals surface area contributed by atoms with Crippen molar-refractivity contribution in [3.63, 3.8) is 0 Å². The number of aromatic nitrogens is 4. The van der Waals surface area contributed by atoms with Gasteiger partial charge in [-0.05, 0) is 61.0 Å². The van der Waals surface area contributed by atoms with Crippen LogP contribution in [0, 0.1) is 24.1 Å². The number of alkyl halides is 2. The summed E-state index contributed by atoms with van der Waals surface area (Å²) in [7, 11) is -4.29. The number of hydrogen-bond donors (Lipinski definition) is 3. The molecule has 3 heterocycles. The molecule has 0 amide bonds. The highest BCUT2D eigenvalue weighted by Crippen LogP contribution is 2.34. The second-order valence-electron chi connectivity index (χ2n) is 10.6. The number of hydrogen-bond acceptors (Lipinski definition) is 9. The number of pyridine rings is 1. The average molecular weight is 688 g/mol. The van der Waals surface area contributed by atoms with Gasteiger partial charge < -0.3 is 20.2 Å². The minimum Gasteiger partial charge on any atom is -0.485 e. The lowest BCUT2D eigenvalue weighted by atomic mass is 10.1. The van der Waals surface area contributed by atoms with E-state index in [1.165, 1.54) is 71.7 Å². The van der Waals surface area contributed by atoms with E-state index < -0.39 is 34.7 Å². The van der Waals surface area contributed by atoms with E-state index in [9.17, 15) is 26.4 Å². The van der Waals surface area contributed by atoms with E-state index in [-0.39, 0.29) is 56.1 Å². The number of nitriles is 1. The molecule has 6 aromatic rings. The third-order valence-electron chi connectivity index (χ3n) is 7.24. The second kappa shape index (κ2) is 13.0. The van der Waals surface area contributed by atoms with Gasteiger partial charge in [0.25, 0.3) is 16.4 Å². The Morgan fingerprint density at radius 3 is 2.61 bits per heavy atom. The molecule has 0 aliphatic rings. The lowest BCUT2D eigenvalue weighted by Crippen LogP contribution is -2.15. The molecule has 3 aromatic heterocycles. The van der Waals surface area contributed by atoms with Crippen LogP contribution in [-0.2, 0) is 10.0 Å². The molecular weight excluding hydrogens is 663 g/mol. The van der Waals surface area contributed by atoms with E-state index in [0.717, 1.165) is 6.07 Å². The number of aromatic amines is 1. The van der Waals surface area contributed by atoms with E-state index in [1.54, 1.807) is 19.1 Å². The number of anilines is 2. The fourth-order valence-electron chi connectivity index (χ4n) is 4.88. The van der Waals surface area contributed by atoms with Crippen LogP contribution < -0.4 is 19.9 Å². The predicted molar refractivity (Wildman–Crippen MR) is 172 cm³/mol. The summed E-state index contributed by atoms with van der Waals surface area (Å²) in [6, 6.07) is 18.5. The Hall–Kier alpha value is -6.34. The number of rotatable bonds is 11. The number of H-pyrrole nitrogens is 1. The summed E-state index contributed by atoms with van der Waals surface area (Å²) in [5.74, 6) is -1.25. The molecular formula is C33H24F3N7O5S. The van der Waals surface area contributed by atoms with Crippen molar-refractivity contribution >= 4 is 38.2 Å². The molecule has 0 unspecified atom stereocenters. The van der Waals surface area contributed by atoms with Gasteiger partial charge in [0.2, 0.25) is 11.7 Å². The van der Waals surface area contributed by atoms with Crippen LogP contribution >= 0.6 is 0 Å². The number of nitrogen functional groups attached to an aromatic ring is 1. The van der Waals surface area contributed by atoms with Crippen molar-refractivity contribution in [2.24, 2.45) is 0 Å². The Labute approximate surface area is 276 Å². The van der Waals surface area contributed by atoms with Crippen LogP contribution in [0.5, 0.6) is 17.4 Å². The first kappa shape index (κ1) is 32.6. The van der Waals surface area contributed by atoms with Crippen molar-refractivity contribution in [1.82, 2.24) is 19.7 Å². The molecule has 0 saturated carbocycles. The molecule has 4 N–H and O–H groups in total. The monoisotopic (exact) mass is 687 g/mol. The summed E-state index contributed by atoms with van der Waals surface area (Å²) in [5, 5.41) is 13.8. The molecule has 0 aliphatic carbocycles. The molecule has 0 atom stereocenters. The number of carbonyl (C=O) groups excluding carboxylic acids is 1. The van der Waals surface area contributed by atoms with Crippen LogP contribution in [0.15, 0.2) is 90.1 Å². The Bertz CT molecular complexity index is 2390. The number of fused-ring (bicyclic) bond motifs is 1. The number of ketones is 1. The van der Waals surface area contributed by atoms with Crippen molar-refractivity contribution in [3.05, 3.63) is 113 Å². The number of benzene rings is 3. The summed E-state index contributed by atoms with van der Waals surface area (Å²) in [6.07, 6.45) is -0.185. The normalized spacial score (nSPS) is 11.4. The molecule has 0 fully saturated rings. The van der Waals surface area contributed by atoms with Crippen LogP contribution in [0.3, 0.4) is 0 Å². The van der Waals surface area contributed by atoms with Gasteiger partial charge in [0.15, 0.2) is 11.6 Å². The molecule has 0 saturated heterocycles. The predicted octanol–water partition coefficient (Wildman–Crippen LogP) is 6.12. The van der Waals surface area contributed by atoms with Gasteiger partial charge in [-0.3, -0.25) is 9.52 Å². The Morgan fingerprint density at radius 2 is 1.88 bits per heavy atom. The first-order valence-corrected chi connectivity index (χ1v) is 15.8. The molecule has 0 aliphatic heterocycles. The van der Waals surface area contributed by atoms with Gasteiger partial charge in [0.1, 0.15) is 18.2 Å². The minimum absolute atomic E-state index is 0.00501. The lowest BCUT2D eigenvalue weighted by Gasteiger charge is -2.14. The number of para-hydroxylation sites is 1. The van der Waals surface area contributed by atoms with E-state index in [0.29, 0.717) is 16.6 Å². The van der Waals surface area contributed by atoms with Gasteiger partial charge in [-0.15, -0.1) is 0 Å². The first-order valence-electron chi connectivity index (χ1n) is 14.3. The number of carbonyl (C=O) groups is 1. The van der Waals surface area contributed by atoms with E-state index >= 15 is 0 Å². The second-order valence-corrected chi connectivity index (χ2v) is 12.3. The molecule has 16 heteroatoms. The van der Waals surface area contributed by atoms with Crippen molar-refractivity contribution in [2.75, 3.05) is 17.1 Å². The molecule has 6 rings (SSSR count). The smallest absolute Gasteiger partial charge is 0.272 e. The van der Waals surface area contributed by atoms with Crippen LogP contribution in [0.1, 0.15) is 27.2 Å². The molecule has 0 radical (unpaired) electrons. The lowest BCUT2D eigenvalue weighted by molar-refractivity contribution is 0.0823. The highest BCUT2D eigenvalue weighted by molar-refractivity contribution is 7.92. The Balaban J connectivity index is 1.30. The van der Waals surface area contributed by atoms with Crippen molar-refractivity contribution in [2.45, 2.75) is 18.2 Å². The van der Waals surface area contributed by atoms with Crippen LogP contribution in [0.4, 0.5) is 24.7 Å². The zero-order valence-electron chi connectivity index (χ0n) is 25.3. The summed E-state index contributed by atoms with van der Waals surface area (Å²) >= 11 is 0. The number of nitrogens with zero attached hydrogens (tertiary/aromatic N) is 4. The number of nitrogens with two attached hydrogens (primary N) is 1. The van der Waals surface area contributed by atoms with Crippen molar-refractivity contribution in [1.29, 1.82) is 5.26 Å². The van der Waals surface area contributed by atoms with Crippen molar-refractivity contribution < 1.29 is 35.9 Å². The highest BCUT2D eigenvalue weighted by atomic mass is 32.2. The van der Waals surface area contributed by atoms with E-state index in [1.807, 2.05) is 6.07 Å². The van der Waals surface area contributed by atoms with Crippen LogP contribution in [-0.4, -0.2) is 47.0 Å². The van der Waals surface area contributed by atoms with Crippen molar-refractivity contribution in [3.8, 4) is 29.1 Å². The fourth-order valence-corrected chi connectivity index (χ4v) is 5.99. The number of aryl methyl sites for hydroxylation is 1.